The summed E-state index contributed by atoms with van der Waals surface area (Å²) in [5.41, 5.74) is 5.60. The van der Waals surface area contributed by atoms with Crippen molar-refractivity contribution in [1.82, 2.24) is 4.31 Å². The second-order valence-corrected chi connectivity index (χ2v) is 7.46. The number of methoxy groups -OCH3 is 1. The number of carbonyl (C=O) groups is 2. The van der Waals surface area contributed by atoms with Gasteiger partial charge in [-0.15, -0.1) is 0 Å². The minimum Gasteiger partial charge on any atom is -0.495 e. The molecule has 1 saturated heterocycles. The molecule has 2 amide bonds. The van der Waals surface area contributed by atoms with Crippen molar-refractivity contribution in [3.05, 3.63) is 18.2 Å². The number of anilines is 1. The van der Waals surface area contributed by atoms with Gasteiger partial charge in [-0.2, -0.15) is 4.31 Å². The number of benzene rings is 1. The Morgan fingerprint density at radius 3 is 2.62 bits per heavy atom. The summed E-state index contributed by atoms with van der Waals surface area (Å²) in [6.07, 6.45) is 1.82. The molecule has 2 rings (SSSR count). The Labute approximate surface area is 141 Å². The molecule has 0 spiro atoms. The number of nitrogens with two attached hydrogens (primary N) is 1. The molecule has 1 heterocycles. The molecule has 0 saturated carbocycles. The average molecular weight is 355 g/mol. The Kier molecular flexibility index (Phi) is 5.45. The van der Waals surface area contributed by atoms with E-state index in [1.54, 1.807) is 0 Å². The fourth-order valence-corrected chi connectivity index (χ4v) is 4.44. The van der Waals surface area contributed by atoms with Gasteiger partial charge in [0, 0.05) is 13.5 Å². The summed E-state index contributed by atoms with van der Waals surface area (Å²) in [5.74, 6) is -0.668. The van der Waals surface area contributed by atoms with E-state index in [9.17, 15) is 18.0 Å². The van der Waals surface area contributed by atoms with Crippen LogP contribution < -0.4 is 15.8 Å². The van der Waals surface area contributed by atoms with Crippen LogP contribution in [0.15, 0.2) is 23.1 Å². The summed E-state index contributed by atoms with van der Waals surface area (Å²) in [4.78, 5) is 22.9. The van der Waals surface area contributed by atoms with Crippen molar-refractivity contribution < 1.29 is 22.7 Å². The van der Waals surface area contributed by atoms with Gasteiger partial charge in [-0.1, -0.05) is 6.42 Å². The summed E-state index contributed by atoms with van der Waals surface area (Å²) < 4.78 is 32.1. The highest BCUT2D eigenvalue weighted by Gasteiger charge is 2.36. The fraction of sp³-hybridized carbons (Fsp3) is 0.467. The number of nitrogens with zero attached hydrogens (tertiary/aromatic N) is 1. The number of primary amides is 1. The first-order chi connectivity index (χ1) is 11.3. The lowest BCUT2D eigenvalue weighted by atomic mass is 10.0. The van der Waals surface area contributed by atoms with Crippen LogP contribution in [0.3, 0.4) is 0 Å². The number of hydrogen-bond acceptors (Lipinski definition) is 5. The van der Waals surface area contributed by atoms with Crippen LogP contribution in [-0.4, -0.2) is 44.2 Å². The van der Waals surface area contributed by atoms with Gasteiger partial charge in [0.05, 0.1) is 17.7 Å². The van der Waals surface area contributed by atoms with Gasteiger partial charge in [0.2, 0.25) is 21.8 Å². The lowest BCUT2D eigenvalue weighted by Gasteiger charge is -2.32. The molecule has 1 aliphatic heterocycles. The Hall–Kier alpha value is -2.13. The second-order valence-electron chi connectivity index (χ2n) is 5.57. The Morgan fingerprint density at radius 2 is 2.04 bits per heavy atom. The average Bonchev–Trinajstić information content (AvgIpc) is 2.54. The third-order valence-corrected chi connectivity index (χ3v) is 5.77. The molecule has 0 aliphatic carbocycles. The van der Waals surface area contributed by atoms with E-state index in [0.717, 1.165) is 10.7 Å². The highest BCUT2D eigenvalue weighted by Crippen LogP contribution is 2.31. The number of amides is 2. The van der Waals surface area contributed by atoms with Crippen LogP contribution in [0.25, 0.3) is 0 Å². The molecular formula is C15H21N3O5S. The van der Waals surface area contributed by atoms with E-state index in [4.69, 9.17) is 10.5 Å². The Morgan fingerprint density at radius 1 is 1.33 bits per heavy atom. The summed E-state index contributed by atoms with van der Waals surface area (Å²) in [6.45, 7) is 1.55. The fourth-order valence-electron chi connectivity index (χ4n) is 2.75. The maximum Gasteiger partial charge on any atom is 0.243 e. The van der Waals surface area contributed by atoms with Crippen molar-refractivity contribution in [2.45, 2.75) is 37.1 Å². The monoisotopic (exact) mass is 355 g/mol. The normalized spacial score (nSPS) is 18.8. The van der Waals surface area contributed by atoms with Crippen molar-refractivity contribution in [3.63, 3.8) is 0 Å². The Balaban J connectivity index is 2.44. The van der Waals surface area contributed by atoms with Crippen molar-refractivity contribution in [3.8, 4) is 5.75 Å². The predicted molar refractivity (Wildman–Crippen MR) is 88.0 cm³/mol. The van der Waals surface area contributed by atoms with Gasteiger partial charge in [-0.05, 0) is 31.0 Å². The van der Waals surface area contributed by atoms with Crippen molar-refractivity contribution in [2.75, 3.05) is 19.0 Å². The maximum absolute atomic E-state index is 12.9. The van der Waals surface area contributed by atoms with E-state index in [-0.39, 0.29) is 23.0 Å². The van der Waals surface area contributed by atoms with Gasteiger partial charge < -0.3 is 15.8 Å². The third kappa shape index (κ3) is 3.68. The van der Waals surface area contributed by atoms with Crippen LogP contribution in [0.4, 0.5) is 5.69 Å². The van der Waals surface area contributed by atoms with Crippen LogP contribution in [-0.2, 0) is 19.6 Å². The van der Waals surface area contributed by atoms with Crippen LogP contribution >= 0.6 is 0 Å². The zero-order valence-electron chi connectivity index (χ0n) is 13.6. The summed E-state index contributed by atoms with van der Waals surface area (Å²) in [6, 6.07) is 3.31. The summed E-state index contributed by atoms with van der Waals surface area (Å²) in [7, 11) is -2.49. The summed E-state index contributed by atoms with van der Waals surface area (Å²) in [5, 5.41) is 2.54. The SMILES string of the molecule is COc1ccc(S(=O)(=O)N2CCCC[C@H]2C(N)=O)cc1NC(C)=O. The molecule has 24 heavy (non-hydrogen) atoms. The van der Waals surface area contributed by atoms with E-state index in [2.05, 4.69) is 5.32 Å². The topological polar surface area (TPSA) is 119 Å². The molecule has 132 valence electrons. The Bertz CT molecular complexity index is 747. The van der Waals surface area contributed by atoms with Crippen LogP contribution in [0.5, 0.6) is 5.75 Å². The highest BCUT2D eigenvalue weighted by molar-refractivity contribution is 7.89. The molecule has 3 N–H and O–H groups in total. The van der Waals surface area contributed by atoms with E-state index in [0.29, 0.717) is 18.6 Å². The highest BCUT2D eigenvalue weighted by atomic mass is 32.2. The van der Waals surface area contributed by atoms with Crippen LogP contribution in [0.2, 0.25) is 0 Å². The minimum atomic E-state index is -3.91. The summed E-state index contributed by atoms with van der Waals surface area (Å²) >= 11 is 0. The molecule has 8 nitrogen and oxygen atoms in total. The molecule has 9 heteroatoms. The number of sulfonamides is 1. The molecular weight excluding hydrogens is 334 g/mol. The predicted octanol–water partition coefficient (Wildman–Crippen LogP) is 0.682. The zero-order valence-corrected chi connectivity index (χ0v) is 14.4. The first kappa shape index (κ1) is 18.2. The van der Waals surface area contributed by atoms with Gasteiger partial charge in [0.15, 0.2) is 0 Å². The quantitative estimate of drug-likeness (QED) is 0.805. The third-order valence-electron chi connectivity index (χ3n) is 3.87. The molecule has 0 bridgehead atoms. The number of rotatable bonds is 5. The van der Waals surface area contributed by atoms with E-state index < -0.39 is 22.0 Å². The number of ether oxygens (including phenoxy) is 1. The van der Waals surface area contributed by atoms with E-state index in [1.807, 2.05) is 0 Å². The molecule has 1 aromatic rings. The van der Waals surface area contributed by atoms with E-state index in [1.165, 1.54) is 32.2 Å². The standard InChI is InChI=1S/C15H21N3O5S/c1-10(19)17-12-9-11(6-7-14(12)23-2)24(21,22)18-8-4-3-5-13(18)15(16)20/h6-7,9,13H,3-5,8H2,1-2H3,(H2,16,20)(H,17,19)/t13-/m0/s1. The molecule has 1 aliphatic rings. The van der Waals surface area contributed by atoms with Crippen LogP contribution in [0.1, 0.15) is 26.2 Å². The van der Waals surface area contributed by atoms with Gasteiger partial charge in [-0.25, -0.2) is 8.42 Å². The van der Waals surface area contributed by atoms with Crippen molar-refractivity contribution in [2.24, 2.45) is 5.73 Å². The second kappa shape index (κ2) is 7.18. The van der Waals surface area contributed by atoms with E-state index >= 15 is 0 Å². The lowest BCUT2D eigenvalue weighted by molar-refractivity contribution is -0.122. The molecule has 0 unspecified atom stereocenters. The number of piperidine rings is 1. The zero-order chi connectivity index (χ0) is 17.9. The first-order valence-corrected chi connectivity index (χ1v) is 8.98. The van der Waals surface area contributed by atoms with Gasteiger partial charge >= 0.3 is 0 Å². The van der Waals surface area contributed by atoms with Gasteiger partial charge in [-0.3, -0.25) is 9.59 Å². The number of nitrogens with one attached hydrogen (secondary N) is 1. The molecule has 1 aromatic carbocycles. The lowest BCUT2D eigenvalue weighted by Crippen LogP contribution is -2.50. The molecule has 0 radical (unpaired) electrons. The molecule has 1 fully saturated rings. The number of carbonyl (C=O) groups excluding carboxylic acids is 2. The maximum atomic E-state index is 12.9. The largest absolute Gasteiger partial charge is 0.495 e. The minimum absolute atomic E-state index is 0.0276. The first-order valence-electron chi connectivity index (χ1n) is 7.54. The van der Waals surface area contributed by atoms with Gasteiger partial charge in [0.1, 0.15) is 11.8 Å². The van der Waals surface area contributed by atoms with Crippen molar-refractivity contribution in [1.29, 1.82) is 0 Å². The molecule has 1 atom stereocenters. The van der Waals surface area contributed by atoms with Crippen LogP contribution in [0, 0.1) is 0 Å². The van der Waals surface area contributed by atoms with Crippen molar-refractivity contribution >= 4 is 27.5 Å². The smallest absolute Gasteiger partial charge is 0.243 e. The molecule has 0 aromatic heterocycles. The van der Waals surface area contributed by atoms with Gasteiger partial charge in [0.25, 0.3) is 0 Å². The number of hydrogen-bond donors (Lipinski definition) is 2.